The summed E-state index contributed by atoms with van der Waals surface area (Å²) in [6, 6.07) is 8.37. The Morgan fingerprint density at radius 3 is 2.03 bits per heavy atom. The fraction of sp³-hybridized carbons (Fsp3) is 0.511. The maximum Gasteiger partial charge on any atom is 0.254 e. The number of nitrogens with two attached hydrogens (primary N) is 1. The minimum absolute atomic E-state index is 0.277. The molecule has 0 atom stereocenters. The number of hydrogen-bond donors (Lipinski definition) is 7. The molecule has 2 aliphatic rings. The summed E-state index contributed by atoms with van der Waals surface area (Å²) in [6.45, 7) is 10.4. The van der Waals surface area contributed by atoms with Gasteiger partial charge in [-0.25, -0.2) is 4.99 Å². The number of amidine groups is 1. The second-order valence-corrected chi connectivity index (χ2v) is 17.1. The molecular formula is C45H64N10O9. The van der Waals surface area contributed by atoms with Gasteiger partial charge in [-0.05, 0) is 35.8 Å². The molecule has 0 aliphatic carbocycles. The van der Waals surface area contributed by atoms with Crippen molar-refractivity contribution >= 4 is 59.1 Å². The molecule has 7 amide bonds. The van der Waals surface area contributed by atoms with Crippen molar-refractivity contribution in [3.63, 3.8) is 0 Å². The maximum atomic E-state index is 12.5. The summed E-state index contributed by atoms with van der Waals surface area (Å²) in [5.74, 6) is -2.30. The number of rotatable bonds is 25. The molecule has 0 spiro atoms. The molecule has 19 heteroatoms. The van der Waals surface area contributed by atoms with Crippen LogP contribution in [0.3, 0.4) is 0 Å². The molecule has 1 aromatic heterocycles. The lowest BCUT2D eigenvalue weighted by Crippen LogP contribution is -2.47. The number of nitrogens with one attached hydrogen (secondary N) is 6. The lowest BCUT2D eigenvalue weighted by Gasteiger charge is -2.30. The zero-order chi connectivity index (χ0) is 46.9. The van der Waals surface area contributed by atoms with E-state index >= 15 is 0 Å². The maximum absolute atomic E-state index is 12.5. The molecule has 0 saturated carbocycles. The average molecular weight is 889 g/mol. The molecule has 0 saturated heterocycles. The number of amides is 7. The van der Waals surface area contributed by atoms with E-state index in [0.717, 1.165) is 77.6 Å². The Morgan fingerprint density at radius 1 is 0.812 bits per heavy atom. The van der Waals surface area contributed by atoms with Crippen LogP contribution in [0.1, 0.15) is 77.8 Å². The molecule has 19 nitrogen and oxygen atoms in total. The van der Waals surface area contributed by atoms with Gasteiger partial charge in [-0.3, -0.25) is 38.5 Å². The van der Waals surface area contributed by atoms with Crippen molar-refractivity contribution in [3.05, 3.63) is 64.3 Å². The summed E-state index contributed by atoms with van der Waals surface area (Å²) in [7, 11) is 1.67. The van der Waals surface area contributed by atoms with Gasteiger partial charge in [0, 0.05) is 54.3 Å². The Balaban J connectivity index is 1.17. The quantitative estimate of drug-likeness (QED) is 0.0478. The fourth-order valence-electron chi connectivity index (χ4n) is 6.68. The van der Waals surface area contributed by atoms with Crippen LogP contribution in [0.5, 0.6) is 5.75 Å². The molecule has 1 aromatic carbocycles. The van der Waals surface area contributed by atoms with Gasteiger partial charge in [-0.1, -0.05) is 65.7 Å². The number of unbranched alkanes of at least 4 members (excludes halogenated alkanes) is 2. The molecule has 348 valence electrons. The first-order valence-corrected chi connectivity index (χ1v) is 21.5. The number of fused-ring (bicyclic) bond motifs is 1. The van der Waals surface area contributed by atoms with Crippen LogP contribution in [0.2, 0.25) is 0 Å². The van der Waals surface area contributed by atoms with E-state index in [0.29, 0.717) is 36.9 Å². The van der Waals surface area contributed by atoms with Gasteiger partial charge >= 0.3 is 0 Å². The van der Waals surface area contributed by atoms with Crippen molar-refractivity contribution in [1.29, 1.82) is 0 Å². The van der Waals surface area contributed by atoms with E-state index < -0.39 is 72.9 Å². The van der Waals surface area contributed by atoms with E-state index in [4.69, 9.17) is 20.2 Å². The van der Waals surface area contributed by atoms with Crippen LogP contribution in [0, 0.1) is 5.41 Å². The first-order valence-electron chi connectivity index (χ1n) is 21.5. The highest BCUT2D eigenvalue weighted by atomic mass is 16.5. The number of imide groups is 1. The Bertz CT molecular complexity index is 2210. The number of aromatic nitrogens is 1. The molecule has 2 aliphatic heterocycles. The number of methoxy groups -OCH3 is 1. The molecule has 0 fully saturated rings. The Morgan fingerprint density at radius 2 is 1.42 bits per heavy atom. The second kappa shape index (κ2) is 23.8. The highest BCUT2D eigenvalue weighted by molar-refractivity contribution is 6.14. The Kier molecular flexibility index (Phi) is 18.7. The van der Waals surface area contributed by atoms with E-state index in [1.54, 1.807) is 7.11 Å². The zero-order valence-corrected chi connectivity index (χ0v) is 37.8. The highest BCUT2D eigenvalue weighted by Crippen LogP contribution is 2.30. The summed E-state index contributed by atoms with van der Waals surface area (Å²) in [6.07, 6.45) is 11.2. The monoisotopic (exact) mass is 888 g/mol. The molecule has 0 unspecified atom stereocenters. The third kappa shape index (κ3) is 15.7. The van der Waals surface area contributed by atoms with Crippen molar-refractivity contribution in [2.45, 2.75) is 78.7 Å². The zero-order valence-electron chi connectivity index (χ0n) is 37.8. The molecule has 3 heterocycles. The van der Waals surface area contributed by atoms with E-state index in [1.165, 1.54) is 0 Å². The van der Waals surface area contributed by atoms with Crippen LogP contribution in [0.15, 0.2) is 47.6 Å². The molecule has 64 heavy (non-hydrogen) atoms. The van der Waals surface area contributed by atoms with E-state index in [2.05, 4.69) is 93.8 Å². The highest BCUT2D eigenvalue weighted by Gasteiger charge is 2.27. The number of nitrogens with zero attached hydrogens (tertiary/aromatic N) is 3. The van der Waals surface area contributed by atoms with Crippen LogP contribution in [0.25, 0.3) is 11.9 Å². The van der Waals surface area contributed by atoms with Crippen LogP contribution in [0.4, 0.5) is 0 Å². The van der Waals surface area contributed by atoms with Gasteiger partial charge < -0.3 is 51.7 Å². The van der Waals surface area contributed by atoms with Crippen LogP contribution in [-0.2, 0) is 50.3 Å². The largest absolute Gasteiger partial charge is 0.496 e. The van der Waals surface area contributed by atoms with Gasteiger partial charge in [0.15, 0.2) is 5.82 Å². The summed E-state index contributed by atoms with van der Waals surface area (Å²) in [4.78, 5) is 89.4. The fourth-order valence-corrected chi connectivity index (χ4v) is 6.68. The van der Waals surface area contributed by atoms with Crippen LogP contribution < -0.4 is 52.9 Å². The second-order valence-electron chi connectivity index (χ2n) is 17.1. The Labute approximate surface area is 373 Å². The first-order chi connectivity index (χ1) is 30.4. The number of carbonyl (C=O) groups is 7. The van der Waals surface area contributed by atoms with Crippen molar-refractivity contribution in [1.82, 2.24) is 41.4 Å². The van der Waals surface area contributed by atoms with Crippen molar-refractivity contribution in [2.24, 2.45) is 16.1 Å². The third-order valence-corrected chi connectivity index (χ3v) is 10.4. The lowest BCUT2D eigenvalue weighted by atomic mass is 9.84. The van der Waals surface area contributed by atoms with Crippen molar-refractivity contribution in [3.8, 4) is 5.75 Å². The van der Waals surface area contributed by atoms with E-state index in [9.17, 15) is 33.6 Å². The van der Waals surface area contributed by atoms with Crippen molar-refractivity contribution < 1.29 is 43.0 Å². The summed E-state index contributed by atoms with van der Waals surface area (Å²) in [5.41, 5.74) is 7.52. The van der Waals surface area contributed by atoms with Crippen LogP contribution in [-0.4, -0.2) is 123 Å². The molecule has 0 radical (unpaired) electrons. The number of aliphatic imine (C=N–C) groups is 1. The van der Waals surface area contributed by atoms with Gasteiger partial charge in [0.1, 0.15) is 18.1 Å². The Hall–Kier alpha value is -6.50. The topological polar surface area (TPSA) is 257 Å². The number of carbonyl (C=O) groups excluding carboxylic acids is 7. The van der Waals surface area contributed by atoms with Gasteiger partial charge in [0.2, 0.25) is 29.5 Å². The van der Waals surface area contributed by atoms with Gasteiger partial charge in [0.05, 0.1) is 58.4 Å². The summed E-state index contributed by atoms with van der Waals surface area (Å²) in [5, 5.41) is 17.7. The van der Waals surface area contributed by atoms with E-state index in [-0.39, 0.29) is 18.5 Å². The minimum atomic E-state index is -0.739. The standard InChI is InChI=1S/C45H64N10O9/c1-7-8-9-18-47-43-42-30(11-10-12-34(46)53-43)17-19-54(42)25-31-13-14-32(20-33(31)63-6)45(4,5)29-64-28-44(2,3)27-52-38(59)24-50-36(57)22-48-35(56)21-49-37(58)23-51-39(60)26-55-40(61)15-16-41(55)62/h11,13-17,19-20,47H,7-10,12,18,21-29H2,1-6H3,(H2,46,53)(H,48,56)(H,49,58)(H,50,57)(H,51,60)(H,52,59)/b30-11-,43-42+. The number of hydrogen-bond acceptors (Lipinski definition) is 12. The average Bonchev–Trinajstić information content (AvgIpc) is 3.79. The summed E-state index contributed by atoms with van der Waals surface area (Å²) < 4.78 is 14.3. The smallest absolute Gasteiger partial charge is 0.254 e. The molecular weight excluding hydrogens is 825 g/mol. The molecule has 2 aromatic rings. The first kappa shape index (κ1) is 50.1. The van der Waals surface area contributed by atoms with Crippen molar-refractivity contribution in [2.75, 3.05) is 66.1 Å². The number of benzene rings is 1. The van der Waals surface area contributed by atoms with Gasteiger partial charge in [-0.2, -0.15) is 0 Å². The third-order valence-electron chi connectivity index (χ3n) is 10.4. The molecule has 8 N–H and O–H groups in total. The van der Waals surface area contributed by atoms with E-state index in [1.807, 2.05) is 13.8 Å². The molecule has 4 rings (SSSR count). The number of ether oxygens (including phenoxy) is 2. The summed E-state index contributed by atoms with van der Waals surface area (Å²) >= 11 is 0. The lowest BCUT2D eigenvalue weighted by molar-refractivity contribution is -0.141. The predicted molar refractivity (Wildman–Crippen MR) is 241 cm³/mol. The van der Waals surface area contributed by atoms with Crippen LogP contribution >= 0.6 is 0 Å². The van der Waals surface area contributed by atoms with Gasteiger partial charge in [0.25, 0.3) is 11.8 Å². The van der Waals surface area contributed by atoms with Gasteiger partial charge in [-0.15, -0.1) is 0 Å². The predicted octanol–water partition coefficient (Wildman–Crippen LogP) is -0.852. The SMILES string of the molecule is CCCCCNC1=c2/c(ccn2Cc2ccc(C(C)(C)COCC(C)(C)CNC(=O)CNC(=O)CNC(=O)CNC(=O)CNC(=O)CN3C(=O)C=CC3=O)cc2OC)=C\CC/C(N)=N\1. The molecule has 0 bridgehead atoms. The minimum Gasteiger partial charge on any atom is -0.496 e. The normalized spacial score (nSPS) is 16.0.